The third-order valence-corrected chi connectivity index (χ3v) is 4.66. The Bertz CT molecular complexity index is 347. The Morgan fingerprint density at radius 3 is 2.47 bits per heavy atom. The van der Waals surface area contributed by atoms with Crippen molar-refractivity contribution in [3.8, 4) is 0 Å². The molecule has 1 atom stereocenters. The number of nitrogens with zero attached hydrogens (tertiary/aromatic N) is 1. The standard InChI is InChI=1S/C16H30N2S/c1-5-8-9-10-11-15(17-12-6-2)16-18-14(7-3)13(4)19-16/h15,17H,5-12H2,1-4H3. The molecular formula is C16H30N2S. The van der Waals surface area contributed by atoms with Crippen molar-refractivity contribution in [3.63, 3.8) is 0 Å². The van der Waals surface area contributed by atoms with Gasteiger partial charge in [0.2, 0.25) is 0 Å². The molecule has 1 aromatic rings. The van der Waals surface area contributed by atoms with E-state index < -0.39 is 0 Å². The molecule has 0 spiro atoms. The molecule has 0 aliphatic carbocycles. The van der Waals surface area contributed by atoms with E-state index in [1.807, 2.05) is 11.3 Å². The van der Waals surface area contributed by atoms with Gasteiger partial charge in [0.1, 0.15) is 5.01 Å². The zero-order valence-corrected chi connectivity index (χ0v) is 13.9. The third kappa shape index (κ3) is 5.62. The number of nitrogens with one attached hydrogen (secondary N) is 1. The summed E-state index contributed by atoms with van der Waals surface area (Å²) in [7, 11) is 0. The topological polar surface area (TPSA) is 24.9 Å². The molecule has 0 fully saturated rings. The van der Waals surface area contributed by atoms with Gasteiger partial charge in [0.15, 0.2) is 0 Å². The highest BCUT2D eigenvalue weighted by atomic mass is 32.1. The van der Waals surface area contributed by atoms with Crippen molar-refractivity contribution in [1.29, 1.82) is 0 Å². The van der Waals surface area contributed by atoms with E-state index in [0.29, 0.717) is 6.04 Å². The Hall–Kier alpha value is -0.410. The lowest BCUT2D eigenvalue weighted by atomic mass is 10.1. The maximum atomic E-state index is 4.84. The van der Waals surface area contributed by atoms with E-state index in [9.17, 15) is 0 Å². The van der Waals surface area contributed by atoms with Gasteiger partial charge in [-0.15, -0.1) is 11.3 Å². The van der Waals surface area contributed by atoms with Crippen molar-refractivity contribution >= 4 is 11.3 Å². The molecule has 1 aromatic heterocycles. The predicted octanol–water partition coefficient (Wildman–Crippen LogP) is 5.03. The summed E-state index contributed by atoms with van der Waals surface area (Å²) >= 11 is 1.89. The van der Waals surface area contributed by atoms with Crippen molar-refractivity contribution in [1.82, 2.24) is 10.3 Å². The van der Waals surface area contributed by atoms with Gasteiger partial charge in [-0.1, -0.05) is 46.5 Å². The van der Waals surface area contributed by atoms with Gasteiger partial charge in [-0.05, 0) is 32.7 Å². The van der Waals surface area contributed by atoms with Crippen molar-refractivity contribution in [3.05, 3.63) is 15.6 Å². The van der Waals surface area contributed by atoms with Gasteiger partial charge in [-0.3, -0.25) is 0 Å². The molecule has 1 heterocycles. The highest BCUT2D eigenvalue weighted by Gasteiger charge is 2.16. The number of unbranched alkanes of at least 4 members (excludes halogenated alkanes) is 3. The quantitative estimate of drug-likeness (QED) is 0.609. The van der Waals surface area contributed by atoms with Crippen molar-refractivity contribution in [2.24, 2.45) is 0 Å². The van der Waals surface area contributed by atoms with Crippen LogP contribution in [0.3, 0.4) is 0 Å². The van der Waals surface area contributed by atoms with Crippen LogP contribution in [-0.4, -0.2) is 11.5 Å². The van der Waals surface area contributed by atoms with Crippen LogP contribution in [0.25, 0.3) is 0 Å². The van der Waals surface area contributed by atoms with E-state index in [4.69, 9.17) is 4.98 Å². The molecule has 19 heavy (non-hydrogen) atoms. The summed E-state index contributed by atoms with van der Waals surface area (Å²) in [5.74, 6) is 0. The second kappa shape index (κ2) is 9.49. The normalized spacial score (nSPS) is 12.8. The molecular weight excluding hydrogens is 252 g/mol. The minimum atomic E-state index is 0.473. The first-order chi connectivity index (χ1) is 9.22. The summed E-state index contributed by atoms with van der Waals surface area (Å²) in [6.07, 6.45) is 8.81. The zero-order valence-electron chi connectivity index (χ0n) is 13.1. The third-order valence-electron chi connectivity index (χ3n) is 3.53. The van der Waals surface area contributed by atoms with Crippen LogP contribution < -0.4 is 5.32 Å². The first-order valence-electron chi connectivity index (χ1n) is 7.92. The number of aromatic nitrogens is 1. The van der Waals surface area contributed by atoms with Gasteiger partial charge in [0.25, 0.3) is 0 Å². The summed E-state index contributed by atoms with van der Waals surface area (Å²) in [5.41, 5.74) is 1.29. The van der Waals surface area contributed by atoms with Crippen molar-refractivity contribution in [2.75, 3.05) is 6.54 Å². The van der Waals surface area contributed by atoms with E-state index in [0.717, 1.165) is 13.0 Å². The Balaban J connectivity index is 2.60. The van der Waals surface area contributed by atoms with Gasteiger partial charge in [-0.2, -0.15) is 0 Å². The SMILES string of the molecule is CCCCCCC(NCCC)c1nc(CC)c(C)s1. The minimum Gasteiger partial charge on any atom is -0.308 e. The Morgan fingerprint density at radius 2 is 1.89 bits per heavy atom. The molecule has 3 heteroatoms. The van der Waals surface area contributed by atoms with E-state index in [-0.39, 0.29) is 0 Å². The van der Waals surface area contributed by atoms with Crippen LogP contribution in [0.5, 0.6) is 0 Å². The maximum absolute atomic E-state index is 4.84. The lowest BCUT2D eigenvalue weighted by Crippen LogP contribution is -2.22. The largest absolute Gasteiger partial charge is 0.308 e. The van der Waals surface area contributed by atoms with Crippen LogP contribution in [0, 0.1) is 6.92 Å². The summed E-state index contributed by atoms with van der Waals surface area (Å²) < 4.78 is 0. The summed E-state index contributed by atoms with van der Waals surface area (Å²) in [6.45, 7) is 9.99. The number of thiazole rings is 1. The fourth-order valence-electron chi connectivity index (χ4n) is 2.33. The summed E-state index contributed by atoms with van der Waals surface area (Å²) in [4.78, 5) is 6.23. The fraction of sp³-hybridized carbons (Fsp3) is 0.812. The van der Waals surface area contributed by atoms with Gasteiger partial charge in [-0.25, -0.2) is 4.98 Å². The number of aryl methyl sites for hydroxylation is 2. The van der Waals surface area contributed by atoms with E-state index in [1.54, 1.807) is 0 Å². The molecule has 110 valence electrons. The summed E-state index contributed by atoms with van der Waals surface area (Å²) in [5, 5.41) is 4.98. The average molecular weight is 282 g/mol. The molecule has 1 rings (SSSR count). The highest BCUT2D eigenvalue weighted by molar-refractivity contribution is 7.11. The molecule has 0 aliphatic rings. The van der Waals surface area contributed by atoms with E-state index in [1.165, 1.54) is 54.1 Å². The molecule has 0 aliphatic heterocycles. The average Bonchev–Trinajstić information content (AvgIpc) is 2.79. The van der Waals surface area contributed by atoms with E-state index >= 15 is 0 Å². The predicted molar refractivity (Wildman–Crippen MR) is 86.0 cm³/mol. The van der Waals surface area contributed by atoms with Gasteiger partial charge < -0.3 is 5.32 Å². The van der Waals surface area contributed by atoms with E-state index in [2.05, 4.69) is 33.0 Å². The fourth-order valence-corrected chi connectivity index (χ4v) is 3.45. The smallest absolute Gasteiger partial charge is 0.110 e. The highest BCUT2D eigenvalue weighted by Crippen LogP contribution is 2.27. The maximum Gasteiger partial charge on any atom is 0.110 e. The van der Waals surface area contributed by atoms with Crippen LogP contribution in [0.15, 0.2) is 0 Å². The lowest BCUT2D eigenvalue weighted by Gasteiger charge is -2.16. The monoisotopic (exact) mass is 282 g/mol. The van der Waals surface area contributed by atoms with Gasteiger partial charge in [0, 0.05) is 4.88 Å². The second-order valence-electron chi connectivity index (χ2n) is 5.26. The van der Waals surface area contributed by atoms with Gasteiger partial charge in [0.05, 0.1) is 11.7 Å². The minimum absolute atomic E-state index is 0.473. The van der Waals surface area contributed by atoms with Crippen LogP contribution in [0.1, 0.15) is 80.9 Å². The Morgan fingerprint density at radius 1 is 1.11 bits per heavy atom. The van der Waals surface area contributed by atoms with Crippen molar-refractivity contribution in [2.45, 2.75) is 78.7 Å². The first kappa shape index (κ1) is 16.6. The number of rotatable bonds is 10. The van der Waals surface area contributed by atoms with Gasteiger partial charge >= 0.3 is 0 Å². The number of hydrogen-bond donors (Lipinski definition) is 1. The molecule has 0 amide bonds. The molecule has 0 bridgehead atoms. The first-order valence-corrected chi connectivity index (χ1v) is 8.74. The van der Waals surface area contributed by atoms with Crippen LogP contribution >= 0.6 is 11.3 Å². The molecule has 0 radical (unpaired) electrons. The Kier molecular flexibility index (Phi) is 8.31. The Labute approximate surface area is 123 Å². The second-order valence-corrected chi connectivity index (χ2v) is 6.50. The summed E-state index contributed by atoms with van der Waals surface area (Å²) in [6, 6.07) is 0.473. The molecule has 0 saturated carbocycles. The zero-order chi connectivity index (χ0) is 14.1. The molecule has 2 nitrogen and oxygen atoms in total. The van der Waals surface area contributed by atoms with Crippen molar-refractivity contribution < 1.29 is 0 Å². The van der Waals surface area contributed by atoms with Crippen LogP contribution in [0.4, 0.5) is 0 Å². The van der Waals surface area contributed by atoms with Crippen LogP contribution in [-0.2, 0) is 6.42 Å². The lowest BCUT2D eigenvalue weighted by molar-refractivity contribution is 0.468. The molecule has 1 N–H and O–H groups in total. The molecule has 0 saturated heterocycles. The number of hydrogen-bond acceptors (Lipinski definition) is 3. The van der Waals surface area contributed by atoms with Crippen LogP contribution in [0.2, 0.25) is 0 Å². The molecule has 0 aromatic carbocycles. The molecule has 1 unspecified atom stereocenters.